The van der Waals surface area contributed by atoms with Crippen molar-refractivity contribution in [2.75, 3.05) is 19.3 Å². The summed E-state index contributed by atoms with van der Waals surface area (Å²) in [5.41, 5.74) is 0. The molecule has 2 rings (SSSR count). The molecule has 2 N–H and O–H groups in total. The van der Waals surface area contributed by atoms with Gasteiger partial charge in [0.25, 0.3) is 0 Å². The number of nitrogens with one attached hydrogen (secondary N) is 2. The molecule has 76 valence electrons. The monoisotopic (exact) mass is 200 g/mol. The van der Waals surface area contributed by atoms with Gasteiger partial charge in [0, 0.05) is 23.9 Å². The zero-order chi connectivity index (χ0) is 9.10. The fourth-order valence-corrected chi connectivity index (χ4v) is 3.44. The zero-order valence-corrected chi connectivity index (χ0v) is 9.20. The first-order valence-corrected chi connectivity index (χ1v) is 6.68. The van der Waals surface area contributed by atoms with E-state index in [4.69, 9.17) is 0 Å². The molecule has 0 aromatic carbocycles. The average Bonchev–Trinajstić information content (AvgIpc) is 2.76. The standard InChI is InChI=1S/C10H20N2S/c1-13-10-4-2-3-9(10)12-8-5-6-11-7-8/h8-12H,2-7H2,1H3. The Morgan fingerprint density at radius 3 is 2.92 bits per heavy atom. The minimum atomic E-state index is 0.748. The van der Waals surface area contributed by atoms with E-state index in [-0.39, 0.29) is 0 Å². The molecule has 1 saturated heterocycles. The average molecular weight is 200 g/mol. The van der Waals surface area contributed by atoms with E-state index in [1.807, 2.05) is 11.8 Å². The fraction of sp³-hybridized carbons (Fsp3) is 1.00. The Morgan fingerprint density at radius 1 is 1.31 bits per heavy atom. The van der Waals surface area contributed by atoms with Crippen molar-refractivity contribution in [1.82, 2.24) is 10.6 Å². The van der Waals surface area contributed by atoms with Gasteiger partial charge in [-0.1, -0.05) is 6.42 Å². The van der Waals surface area contributed by atoms with Crippen LogP contribution in [0.1, 0.15) is 25.7 Å². The van der Waals surface area contributed by atoms with E-state index in [0.29, 0.717) is 0 Å². The summed E-state index contributed by atoms with van der Waals surface area (Å²) in [6.45, 7) is 2.38. The van der Waals surface area contributed by atoms with Crippen LogP contribution in [0.2, 0.25) is 0 Å². The molecule has 1 heterocycles. The smallest absolute Gasteiger partial charge is 0.0207 e. The third-order valence-corrected chi connectivity index (χ3v) is 4.44. The maximum absolute atomic E-state index is 3.80. The maximum Gasteiger partial charge on any atom is 0.0207 e. The van der Waals surface area contributed by atoms with E-state index in [2.05, 4.69) is 16.9 Å². The van der Waals surface area contributed by atoms with Gasteiger partial charge in [-0.25, -0.2) is 0 Å². The fourth-order valence-electron chi connectivity index (χ4n) is 2.50. The van der Waals surface area contributed by atoms with Crippen LogP contribution in [0.4, 0.5) is 0 Å². The molecular formula is C10H20N2S. The summed E-state index contributed by atoms with van der Waals surface area (Å²) in [6.07, 6.45) is 7.79. The highest BCUT2D eigenvalue weighted by molar-refractivity contribution is 7.99. The normalized spacial score (nSPS) is 39.9. The zero-order valence-electron chi connectivity index (χ0n) is 8.38. The van der Waals surface area contributed by atoms with Crippen LogP contribution in [0, 0.1) is 0 Å². The van der Waals surface area contributed by atoms with Gasteiger partial charge in [0.05, 0.1) is 0 Å². The van der Waals surface area contributed by atoms with Crippen LogP contribution in [0.5, 0.6) is 0 Å². The summed E-state index contributed by atoms with van der Waals surface area (Å²) in [4.78, 5) is 0. The number of hydrogen-bond acceptors (Lipinski definition) is 3. The van der Waals surface area contributed by atoms with Crippen molar-refractivity contribution in [3.05, 3.63) is 0 Å². The first kappa shape index (κ1) is 9.81. The van der Waals surface area contributed by atoms with Crippen molar-refractivity contribution in [3.8, 4) is 0 Å². The van der Waals surface area contributed by atoms with Crippen molar-refractivity contribution in [1.29, 1.82) is 0 Å². The lowest BCUT2D eigenvalue weighted by Gasteiger charge is -2.23. The van der Waals surface area contributed by atoms with Crippen molar-refractivity contribution < 1.29 is 0 Å². The second-order valence-electron chi connectivity index (χ2n) is 4.17. The SMILES string of the molecule is CSC1CCCC1NC1CCNC1. The molecule has 2 fully saturated rings. The molecule has 3 unspecified atom stereocenters. The first-order valence-electron chi connectivity index (χ1n) is 5.39. The van der Waals surface area contributed by atoms with E-state index >= 15 is 0 Å². The molecule has 2 nitrogen and oxygen atoms in total. The molecule has 0 aromatic rings. The summed E-state index contributed by atoms with van der Waals surface area (Å²) < 4.78 is 0. The van der Waals surface area contributed by atoms with Crippen molar-refractivity contribution >= 4 is 11.8 Å². The summed E-state index contributed by atoms with van der Waals surface area (Å²) in [6, 6.07) is 1.54. The van der Waals surface area contributed by atoms with Crippen LogP contribution in [-0.2, 0) is 0 Å². The van der Waals surface area contributed by atoms with Crippen LogP contribution in [0.25, 0.3) is 0 Å². The number of thioether (sulfide) groups is 1. The second kappa shape index (κ2) is 4.67. The molecule has 13 heavy (non-hydrogen) atoms. The first-order chi connectivity index (χ1) is 6.40. The summed E-state index contributed by atoms with van der Waals surface area (Å²) in [7, 11) is 0. The molecule has 1 aliphatic carbocycles. The Bertz CT molecular complexity index is 157. The molecule has 0 aromatic heterocycles. The van der Waals surface area contributed by atoms with Gasteiger partial charge >= 0.3 is 0 Å². The van der Waals surface area contributed by atoms with Gasteiger partial charge in [-0.2, -0.15) is 11.8 Å². The lowest BCUT2D eigenvalue weighted by molar-refractivity contribution is 0.455. The number of rotatable bonds is 3. The Hall–Kier alpha value is 0.270. The highest BCUT2D eigenvalue weighted by Crippen LogP contribution is 2.28. The molecule has 2 aliphatic rings. The molecular weight excluding hydrogens is 180 g/mol. The van der Waals surface area contributed by atoms with Crippen LogP contribution >= 0.6 is 11.8 Å². The van der Waals surface area contributed by atoms with Gasteiger partial charge in [-0.15, -0.1) is 0 Å². The highest BCUT2D eigenvalue weighted by atomic mass is 32.2. The van der Waals surface area contributed by atoms with Crippen molar-refractivity contribution in [2.45, 2.75) is 43.0 Å². The molecule has 3 heteroatoms. The van der Waals surface area contributed by atoms with Gasteiger partial charge < -0.3 is 10.6 Å². The summed E-state index contributed by atoms with van der Waals surface area (Å²) >= 11 is 2.04. The lowest BCUT2D eigenvalue weighted by atomic mass is 10.2. The minimum Gasteiger partial charge on any atom is -0.315 e. The molecule has 3 atom stereocenters. The van der Waals surface area contributed by atoms with Gasteiger partial charge in [0.1, 0.15) is 0 Å². The summed E-state index contributed by atoms with van der Waals surface area (Å²) in [5.74, 6) is 0. The van der Waals surface area contributed by atoms with E-state index in [0.717, 1.165) is 17.3 Å². The van der Waals surface area contributed by atoms with Crippen LogP contribution < -0.4 is 10.6 Å². The molecule has 1 aliphatic heterocycles. The van der Waals surface area contributed by atoms with Crippen molar-refractivity contribution in [3.63, 3.8) is 0 Å². The molecule has 0 bridgehead atoms. The second-order valence-corrected chi connectivity index (χ2v) is 5.24. The molecule has 0 radical (unpaired) electrons. The van der Waals surface area contributed by atoms with Gasteiger partial charge in [0.15, 0.2) is 0 Å². The Kier molecular flexibility index (Phi) is 3.52. The highest BCUT2D eigenvalue weighted by Gasteiger charge is 2.28. The quantitative estimate of drug-likeness (QED) is 0.716. The number of hydrogen-bond donors (Lipinski definition) is 2. The van der Waals surface area contributed by atoms with E-state index in [9.17, 15) is 0 Å². The largest absolute Gasteiger partial charge is 0.315 e. The topological polar surface area (TPSA) is 24.1 Å². The van der Waals surface area contributed by atoms with Gasteiger partial charge in [0.2, 0.25) is 0 Å². The Labute approximate surface area is 85.2 Å². The van der Waals surface area contributed by atoms with Crippen molar-refractivity contribution in [2.24, 2.45) is 0 Å². The van der Waals surface area contributed by atoms with Crippen LogP contribution in [0.15, 0.2) is 0 Å². The van der Waals surface area contributed by atoms with E-state index in [1.54, 1.807) is 0 Å². The predicted molar refractivity (Wildman–Crippen MR) is 59.4 cm³/mol. The predicted octanol–water partition coefficient (Wildman–Crippen LogP) is 1.22. The van der Waals surface area contributed by atoms with Crippen LogP contribution in [-0.4, -0.2) is 36.7 Å². The van der Waals surface area contributed by atoms with E-state index < -0.39 is 0 Å². The van der Waals surface area contributed by atoms with Gasteiger partial charge in [-0.3, -0.25) is 0 Å². The maximum atomic E-state index is 3.80. The Balaban J connectivity index is 1.79. The van der Waals surface area contributed by atoms with E-state index in [1.165, 1.54) is 38.8 Å². The third kappa shape index (κ3) is 2.39. The van der Waals surface area contributed by atoms with Crippen LogP contribution in [0.3, 0.4) is 0 Å². The minimum absolute atomic E-state index is 0.748. The van der Waals surface area contributed by atoms with Gasteiger partial charge in [-0.05, 0) is 32.1 Å². The molecule has 1 saturated carbocycles. The molecule has 0 amide bonds. The Morgan fingerprint density at radius 2 is 2.23 bits per heavy atom. The lowest BCUT2D eigenvalue weighted by Crippen LogP contribution is -2.42. The molecule has 0 spiro atoms. The third-order valence-electron chi connectivity index (χ3n) is 3.27. The summed E-state index contributed by atoms with van der Waals surface area (Å²) in [5, 5.41) is 8.08.